The summed E-state index contributed by atoms with van der Waals surface area (Å²) in [6.07, 6.45) is 4.98. The van der Waals surface area contributed by atoms with E-state index in [1.165, 1.54) is 0 Å². The first kappa shape index (κ1) is 20.1. The molecule has 0 unspecified atom stereocenters. The quantitative estimate of drug-likeness (QED) is 0.587. The molecular weight excluding hydrogens is 348 g/mol. The molecule has 0 aromatic rings. The van der Waals surface area contributed by atoms with E-state index in [1.54, 1.807) is 7.11 Å². The molecule has 1 saturated carbocycles. The Bertz CT molecular complexity index is 575. The van der Waals surface area contributed by atoms with Crippen LogP contribution in [0, 0.1) is 11.3 Å². The lowest BCUT2D eigenvalue weighted by Crippen LogP contribution is -2.51. The number of amides is 4. The van der Waals surface area contributed by atoms with Crippen molar-refractivity contribution in [1.82, 2.24) is 20.9 Å². The molecule has 0 atom stereocenters. The third-order valence-electron chi connectivity index (χ3n) is 6.45. The molecule has 8 heteroatoms. The molecule has 1 aliphatic carbocycles. The third-order valence-corrected chi connectivity index (χ3v) is 6.45. The Labute approximate surface area is 160 Å². The minimum atomic E-state index is -0.795. The Balaban J connectivity index is 1.56. The highest BCUT2D eigenvalue weighted by Crippen LogP contribution is 2.36. The van der Waals surface area contributed by atoms with Crippen molar-refractivity contribution in [2.75, 3.05) is 39.9 Å². The second-order valence-corrected chi connectivity index (χ2v) is 8.55. The molecule has 1 spiro atoms. The number of hydrogen-bond donors (Lipinski definition) is 3. The molecule has 3 rings (SSSR count). The van der Waals surface area contributed by atoms with E-state index in [0.717, 1.165) is 43.7 Å². The van der Waals surface area contributed by atoms with Gasteiger partial charge in [0.05, 0.1) is 6.61 Å². The van der Waals surface area contributed by atoms with Crippen molar-refractivity contribution < 1.29 is 19.1 Å². The molecular formula is C19H32N4O4. The fourth-order valence-corrected chi connectivity index (χ4v) is 4.53. The summed E-state index contributed by atoms with van der Waals surface area (Å²) in [6, 6.07) is -0.446. The van der Waals surface area contributed by atoms with Crippen molar-refractivity contribution in [3.05, 3.63) is 0 Å². The molecule has 8 nitrogen and oxygen atoms in total. The summed E-state index contributed by atoms with van der Waals surface area (Å²) in [5.74, 6) is 0.0244. The summed E-state index contributed by atoms with van der Waals surface area (Å²) >= 11 is 0. The molecule has 3 aliphatic rings. The molecule has 2 heterocycles. The summed E-state index contributed by atoms with van der Waals surface area (Å²) in [5.41, 5.74) is -0.885. The van der Waals surface area contributed by atoms with Gasteiger partial charge >= 0.3 is 6.03 Å². The van der Waals surface area contributed by atoms with E-state index in [2.05, 4.69) is 22.9 Å². The van der Waals surface area contributed by atoms with E-state index in [-0.39, 0.29) is 23.8 Å². The first-order chi connectivity index (χ1) is 12.9. The van der Waals surface area contributed by atoms with Crippen LogP contribution in [0.5, 0.6) is 0 Å². The topological polar surface area (TPSA) is 99.8 Å². The minimum Gasteiger partial charge on any atom is -0.384 e. The van der Waals surface area contributed by atoms with E-state index in [1.807, 2.05) is 0 Å². The van der Waals surface area contributed by atoms with E-state index in [0.29, 0.717) is 31.9 Å². The highest BCUT2D eigenvalue weighted by Gasteiger charge is 2.52. The lowest BCUT2D eigenvalue weighted by atomic mass is 9.77. The molecule has 0 aromatic carbocycles. The van der Waals surface area contributed by atoms with E-state index in [9.17, 15) is 14.4 Å². The van der Waals surface area contributed by atoms with Gasteiger partial charge in [-0.2, -0.15) is 0 Å². The molecule has 0 aromatic heterocycles. The van der Waals surface area contributed by atoms with E-state index in [4.69, 9.17) is 4.74 Å². The van der Waals surface area contributed by atoms with Crippen molar-refractivity contribution in [3.63, 3.8) is 0 Å². The zero-order valence-electron chi connectivity index (χ0n) is 16.4. The maximum atomic E-state index is 12.8. The van der Waals surface area contributed by atoms with Crippen LogP contribution in [-0.2, 0) is 14.3 Å². The van der Waals surface area contributed by atoms with E-state index < -0.39 is 11.6 Å². The smallest absolute Gasteiger partial charge is 0.325 e. The van der Waals surface area contributed by atoms with Crippen LogP contribution in [0.3, 0.4) is 0 Å². The van der Waals surface area contributed by atoms with Gasteiger partial charge in [-0.05, 0) is 57.5 Å². The van der Waals surface area contributed by atoms with Gasteiger partial charge in [0.25, 0.3) is 5.91 Å². The second-order valence-electron chi connectivity index (χ2n) is 8.55. The van der Waals surface area contributed by atoms with Crippen LogP contribution in [0.4, 0.5) is 4.79 Å². The first-order valence-electron chi connectivity index (χ1n) is 10.0. The Morgan fingerprint density at radius 2 is 1.89 bits per heavy atom. The number of carbonyl (C=O) groups excluding carboxylic acids is 3. The lowest BCUT2D eigenvalue weighted by molar-refractivity contribution is -0.136. The summed E-state index contributed by atoms with van der Waals surface area (Å²) in [6.45, 7) is 4.81. The van der Waals surface area contributed by atoms with Crippen LogP contribution in [0.25, 0.3) is 0 Å². The van der Waals surface area contributed by atoms with Crippen molar-refractivity contribution in [2.45, 2.75) is 51.0 Å². The van der Waals surface area contributed by atoms with E-state index >= 15 is 0 Å². The molecule has 0 radical (unpaired) electrons. The lowest BCUT2D eigenvalue weighted by Gasteiger charge is -2.37. The zero-order valence-corrected chi connectivity index (χ0v) is 16.4. The summed E-state index contributed by atoms with van der Waals surface area (Å²) in [7, 11) is 1.67. The molecule has 3 fully saturated rings. The number of ether oxygens (including phenoxy) is 1. The number of hydrogen-bond acceptors (Lipinski definition) is 5. The van der Waals surface area contributed by atoms with Crippen LogP contribution in [0.1, 0.15) is 45.4 Å². The molecule has 0 bridgehead atoms. The molecule has 27 heavy (non-hydrogen) atoms. The maximum Gasteiger partial charge on any atom is 0.325 e. The summed E-state index contributed by atoms with van der Waals surface area (Å²) in [4.78, 5) is 38.7. The highest BCUT2D eigenvalue weighted by molar-refractivity contribution is 6.09. The fourth-order valence-electron chi connectivity index (χ4n) is 4.53. The summed E-state index contributed by atoms with van der Waals surface area (Å²) < 4.78 is 5.36. The highest BCUT2D eigenvalue weighted by atomic mass is 16.5. The number of carbonyl (C=O) groups is 3. The van der Waals surface area contributed by atoms with Gasteiger partial charge in [0, 0.05) is 19.1 Å². The van der Waals surface area contributed by atoms with Crippen LogP contribution in [-0.4, -0.2) is 68.2 Å². The Morgan fingerprint density at radius 1 is 1.22 bits per heavy atom. The number of rotatable bonds is 6. The molecule has 3 N–H and O–H groups in total. The van der Waals surface area contributed by atoms with Gasteiger partial charge in [0.2, 0.25) is 5.91 Å². The minimum absolute atomic E-state index is 0.0896. The monoisotopic (exact) mass is 380 g/mol. The van der Waals surface area contributed by atoms with Crippen molar-refractivity contribution in [3.8, 4) is 0 Å². The largest absolute Gasteiger partial charge is 0.384 e. The predicted molar refractivity (Wildman–Crippen MR) is 100 cm³/mol. The number of piperidine rings is 1. The number of nitrogens with zero attached hydrogens (tertiary/aromatic N) is 1. The Kier molecular flexibility index (Phi) is 6.05. The number of nitrogens with one attached hydrogen (secondary N) is 3. The average molecular weight is 380 g/mol. The normalized spacial score (nSPS) is 30.4. The third kappa shape index (κ3) is 4.27. The van der Waals surface area contributed by atoms with Crippen molar-refractivity contribution >= 4 is 17.8 Å². The van der Waals surface area contributed by atoms with Gasteiger partial charge < -0.3 is 20.7 Å². The first-order valence-corrected chi connectivity index (χ1v) is 10.0. The Hall–Kier alpha value is -1.67. The van der Waals surface area contributed by atoms with Crippen LogP contribution in [0.15, 0.2) is 0 Å². The number of methoxy groups -OCH3 is 1. The van der Waals surface area contributed by atoms with Gasteiger partial charge in [0.1, 0.15) is 12.1 Å². The molecule has 2 aliphatic heterocycles. The number of urea groups is 1. The van der Waals surface area contributed by atoms with Crippen molar-refractivity contribution in [2.24, 2.45) is 11.3 Å². The van der Waals surface area contributed by atoms with Gasteiger partial charge in [-0.1, -0.05) is 6.92 Å². The SMILES string of the molecule is COCC1(CNC(=O)CN2C(=O)NC3(CCC(C)CC3)C2=O)CCNCC1. The van der Waals surface area contributed by atoms with Crippen LogP contribution >= 0.6 is 0 Å². The number of imide groups is 1. The summed E-state index contributed by atoms with van der Waals surface area (Å²) in [5, 5.41) is 9.10. The van der Waals surface area contributed by atoms with Crippen LogP contribution in [0.2, 0.25) is 0 Å². The average Bonchev–Trinajstić information content (AvgIpc) is 2.88. The molecule has 2 saturated heterocycles. The zero-order chi connectivity index (χ0) is 19.5. The predicted octanol–water partition coefficient (Wildman–Crippen LogP) is 0.620. The molecule has 152 valence electrons. The Morgan fingerprint density at radius 3 is 2.52 bits per heavy atom. The van der Waals surface area contributed by atoms with Gasteiger partial charge in [0.15, 0.2) is 0 Å². The van der Waals surface area contributed by atoms with Gasteiger partial charge in [-0.25, -0.2) is 4.79 Å². The van der Waals surface area contributed by atoms with Gasteiger partial charge in [-0.3, -0.25) is 14.5 Å². The maximum absolute atomic E-state index is 12.8. The standard InChI is InChI=1S/C19H32N4O4/c1-14-3-5-19(6-4-14)16(25)23(17(26)22-19)11-15(24)21-12-18(13-27-2)7-9-20-10-8-18/h14,20H,3-13H2,1-2H3,(H,21,24)(H,22,26). The van der Waals surface area contributed by atoms with Gasteiger partial charge in [-0.15, -0.1) is 0 Å². The van der Waals surface area contributed by atoms with Crippen molar-refractivity contribution in [1.29, 1.82) is 0 Å². The second kappa shape index (κ2) is 8.14. The van der Waals surface area contributed by atoms with Crippen LogP contribution < -0.4 is 16.0 Å². The molecule has 4 amide bonds. The fraction of sp³-hybridized carbons (Fsp3) is 0.842.